The summed E-state index contributed by atoms with van der Waals surface area (Å²) in [6, 6.07) is 2.56. The predicted molar refractivity (Wildman–Crippen MR) is 68.7 cm³/mol. The lowest BCUT2D eigenvalue weighted by Crippen LogP contribution is -2.36. The Hall–Kier alpha value is -1.98. The first kappa shape index (κ1) is 14.4. The minimum atomic E-state index is -0.603. The average Bonchev–Trinajstić information content (AvgIpc) is 2.85. The Balaban J connectivity index is 2.15. The fourth-order valence-corrected chi connectivity index (χ4v) is 2.30. The smallest absolute Gasteiger partial charge is 0.228 e. The van der Waals surface area contributed by atoms with Gasteiger partial charge in [-0.2, -0.15) is 0 Å². The van der Waals surface area contributed by atoms with Gasteiger partial charge in [0, 0.05) is 25.6 Å². The number of rotatable bonds is 3. The van der Waals surface area contributed by atoms with Crippen molar-refractivity contribution in [3.05, 3.63) is 35.4 Å². The van der Waals surface area contributed by atoms with Crippen LogP contribution in [0.2, 0.25) is 0 Å². The third kappa shape index (κ3) is 2.79. The van der Waals surface area contributed by atoms with E-state index in [0.717, 1.165) is 18.2 Å². The molecular formula is C14H16F2N2O2. The molecule has 1 aromatic rings. The molecule has 1 heterocycles. The van der Waals surface area contributed by atoms with E-state index in [9.17, 15) is 18.4 Å². The van der Waals surface area contributed by atoms with Crippen molar-refractivity contribution >= 4 is 11.8 Å². The van der Waals surface area contributed by atoms with Gasteiger partial charge in [-0.15, -0.1) is 0 Å². The molecule has 2 rings (SSSR count). The van der Waals surface area contributed by atoms with E-state index in [2.05, 4.69) is 5.32 Å². The minimum absolute atomic E-state index is 0.123. The fourth-order valence-electron chi connectivity index (χ4n) is 2.30. The molecule has 108 valence electrons. The molecule has 1 N–H and O–H groups in total. The molecule has 0 radical (unpaired) electrons. The van der Waals surface area contributed by atoms with Crippen LogP contribution >= 0.6 is 0 Å². The lowest BCUT2D eigenvalue weighted by molar-refractivity contribution is -0.136. The molecule has 1 aliphatic rings. The maximum absolute atomic E-state index is 13.7. The zero-order valence-electron chi connectivity index (χ0n) is 11.3. The van der Waals surface area contributed by atoms with Crippen molar-refractivity contribution in [1.82, 2.24) is 10.2 Å². The van der Waals surface area contributed by atoms with Crippen LogP contribution in [-0.4, -0.2) is 30.3 Å². The number of nitrogens with one attached hydrogen (secondary N) is 1. The number of halogens is 2. The van der Waals surface area contributed by atoms with Crippen LogP contribution in [-0.2, 0) is 9.59 Å². The first-order valence-electron chi connectivity index (χ1n) is 6.38. The molecule has 20 heavy (non-hydrogen) atoms. The number of amides is 2. The molecule has 1 aliphatic heterocycles. The van der Waals surface area contributed by atoms with Crippen molar-refractivity contribution < 1.29 is 18.4 Å². The van der Waals surface area contributed by atoms with Crippen LogP contribution in [0.4, 0.5) is 8.78 Å². The molecule has 6 heteroatoms. The SMILES string of the molecule is CC(c1cc(F)ccc1F)N(C)C(=O)C1CNC(=O)C1. The molecule has 2 atom stereocenters. The van der Waals surface area contributed by atoms with Gasteiger partial charge in [-0.1, -0.05) is 0 Å². The van der Waals surface area contributed by atoms with Gasteiger partial charge in [-0.25, -0.2) is 8.78 Å². The van der Waals surface area contributed by atoms with Gasteiger partial charge in [-0.05, 0) is 25.1 Å². The van der Waals surface area contributed by atoms with E-state index < -0.39 is 23.6 Å². The maximum atomic E-state index is 13.7. The quantitative estimate of drug-likeness (QED) is 0.916. The predicted octanol–water partition coefficient (Wildman–Crippen LogP) is 1.62. The molecule has 0 spiro atoms. The molecule has 1 fully saturated rings. The van der Waals surface area contributed by atoms with Gasteiger partial charge in [0.15, 0.2) is 0 Å². The highest BCUT2D eigenvalue weighted by molar-refractivity contribution is 5.89. The molecule has 4 nitrogen and oxygen atoms in total. The zero-order valence-corrected chi connectivity index (χ0v) is 11.3. The number of carbonyl (C=O) groups is 2. The summed E-state index contributed by atoms with van der Waals surface area (Å²) >= 11 is 0. The number of hydrogen-bond donors (Lipinski definition) is 1. The highest BCUT2D eigenvalue weighted by atomic mass is 19.1. The number of benzene rings is 1. The number of carbonyl (C=O) groups excluding carboxylic acids is 2. The summed E-state index contributed by atoms with van der Waals surface area (Å²) in [6.07, 6.45) is 0.140. The highest BCUT2D eigenvalue weighted by Crippen LogP contribution is 2.25. The van der Waals surface area contributed by atoms with Gasteiger partial charge in [-0.3, -0.25) is 9.59 Å². The normalized spacial score (nSPS) is 19.6. The van der Waals surface area contributed by atoms with Gasteiger partial charge >= 0.3 is 0 Å². The Morgan fingerprint density at radius 3 is 2.75 bits per heavy atom. The molecule has 0 bridgehead atoms. The van der Waals surface area contributed by atoms with E-state index in [1.54, 1.807) is 6.92 Å². The average molecular weight is 282 g/mol. The summed E-state index contributed by atoms with van der Waals surface area (Å²) in [5.41, 5.74) is 0.123. The summed E-state index contributed by atoms with van der Waals surface area (Å²) in [5, 5.41) is 2.58. The first-order valence-corrected chi connectivity index (χ1v) is 6.38. The third-order valence-electron chi connectivity index (χ3n) is 3.66. The Morgan fingerprint density at radius 2 is 2.15 bits per heavy atom. The van der Waals surface area contributed by atoms with Crippen molar-refractivity contribution in [2.75, 3.05) is 13.6 Å². The van der Waals surface area contributed by atoms with Crippen LogP contribution in [0.1, 0.15) is 24.9 Å². The van der Waals surface area contributed by atoms with Crippen molar-refractivity contribution in [2.45, 2.75) is 19.4 Å². The van der Waals surface area contributed by atoms with Crippen LogP contribution in [0.3, 0.4) is 0 Å². The van der Waals surface area contributed by atoms with Gasteiger partial charge in [0.1, 0.15) is 11.6 Å². The Kier molecular flexibility index (Phi) is 4.01. The van der Waals surface area contributed by atoms with Gasteiger partial charge in [0.25, 0.3) is 0 Å². The first-order chi connectivity index (χ1) is 9.40. The van der Waals surface area contributed by atoms with E-state index in [-0.39, 0.29) is 23.8 Å². The summed E-state index contributed by atoms with van der Waals surface area (Å²) in [4.78, 5) is 24.7. The maximum Gasteiger partial charge on any atom is 0.228 e. The second-order valence-electron chi connectivity index (χ2n) is 5.00. The summed E-state index contributed by atoms with van der Waals surface area (Å²) in [7, 11) is 1.53. The minimum Gasteiger partial charge on any atom is -0.355 e. The Bertz CT molecular complexity index is 548. The van der Waals surface area contributed by atoms with Crippen molar-refractivity contribution in [3.63, 3.8) is 0 Å². The molecule has 0 aromatic heterocycles. The molecule has 1 aromatic carbocycles. The van der Waals surface area contributed by atoms with Gasteiger partial charge in [0.05, 0.1) is 12.0 Å². The van der Waals surface area contributed by atoms with Crippen molar-refractivity contribution in [2.24, 2.45) is 5.92 Å². The van der Waals surface area contributed by atoms with Crippen LogP contribution in [0.15, 0.2) is 18.2 Å². The lowest BCUT2D eigenvalue weighted by atomic mass is 10.0. The van der Waals surface area contributed by atoms with E-state index >= 15 is 0 Å². The fraction of sp³-hybridized carbons (Fsp3) is 0.429. The van der Waals surface area contributed by atoms with Crippen molar-refractivity contribution in [3.8, 4) is 0 Å². The van der Waals surface area contributed by atoms with Crippen LogP contribution in [0, 0.1) is 17.6 Å². The second kappa shape index (κ2) is 5.56. The molecule has 1 saturated heterocycles. The molecule has 2 amide bonds. The Labute approximate surface area is 115 Å². The molecule has 0 saturated carbocycles. The standard InChI is InChI=1S/C14H16F2N2O2/c1-8(11-6-10(15)3-4-12(11)16)18(2)14(20)9-5-13(19)17-7-9/h3-4,6,8-9H,5,7H2,1-2H3,(H,17,19). The van der Waals surface area contributed by atoms with Gasteiger partial charge < -0.3 is 10.2 Å². The van der Waals surface area contributed by atoms with Crippen LogP contribution in [0.25, 0.3) is 0 Å². The van der Waals surface area contributed by atoms with Gasteiger partial charge in [0.2, 0.25) is 11.8 Å². The lowest BCUT2D eigenvalue weighted by Gasteiger charge is -2.27. The van der Waals surface area contributed by atoms with E-state index in [1.165, 1.54) is 11.9 Å². The van der Waals surface area contributed by atoms with E-state index in [4.69, 9.17) is 0 Å². The summed E-state index contributed by atoms with van der Waals surface area (Å²) in [6.45, 7) is 1.92. The summed E-state index contributed by atoms with van der Waals surface area (Å²) in [5.74, 6) is -1.96. The largest absolute Gasteiger partial charge is 0.355 e. The van der Waals surface area contributed by atoms with Crippen molar-refractivity contribution in [1.29, 1.82) is 0 Å². The van der Waals surface area contributed by atoms with Crippen LogP contribution < -0.4 is 5.32 Å². The Morgan fingerprint density at radius 1 is 1.45 bits per heavy atom. The van der Waals surface area contributed by atoms with E-state index in [0.29, 0.717) is 6.54 Å². The monoisotopic (exact) mass is 282 g/mol. The third-order valence-corrected chi connectivity index (χ3v) is 3.66. The highest BCUT2D eigenvalue weighted by Gasteiger charge is 2.32. The van der Waals surface area contributed by atoms with E-state index in [1.807, 2.05) is 0 Å². The number of nitrogens with zero attached hydrogens (tertiary/aromatic N) is 1. The topological polar surface area (TPSA) is 49.4 Å². The second-order valence-corrected chi connectivity index (χ2v) is 5.00. The number of hydrogen-bond acceptors (Lipinski definition) is 2. The molecule has 0 aliphatic carbocycles. The molecule has 2 unspecified atom stereocenters. The zero-order chi connectivity index (χ0) is 14.9. The summed E-state index contributed by atoms with van der Waals surface area (Å²) < 4.78 is 26.9. The molecular weight excluding hydrogens is 266 g/mol. The van der Waals surface area contributed by atoms with Crippen LogP contribution in [0.5, 0.6) is 0 Å².